The van der Waals surface area contributed by atoms with E-state index in [0.29, 0.717) is 11.6 Å². The molecule has 1 aromatic carbocycles. The highest BCUT2D eigenvalue weighted by Gasteiger charge is 2.12. The first-order valence-electron chi connectivity index (χ1n) is 8.25. The van der Waals surface area contributed by atoms with E-state index in [1.165, 1.54) is 24.3 Å². The Balaban J connectivity index is 2.04. The molecule has 6 heteroatoms. The van der Waals surface area contributed by atoms with Gasteiger partial charge < -0.3 is 14.6 Å². The number of ether oxygens (including phenoxy) is 1. The lowest BCUT2D eigenvalue weighted by Gasteiger charge is -2.15. The Kier molecular flexibility index (Phi) is 6.33. The van der Waals surface area contributed by atoms with Gasteiger partial charge in [-0.3, -0.25) is 9.59 Å². The number of halogens is 1. The molecular weight excluding hydrogens is 323 g/mol. The van der Waals surface area contributed by atoms with Crippen molar-refractivity contribution in [3.05, 3.63) is 58.3 Å². The number of carbonyl (C=O) groups excluding carboxylic acids is 1. The minimum atomic E-state index is -0.526. The first-order chi connectivity index (χ1) is 11.9. The van der Waals surface area contributed by atoms with Crippen LogP contribution in [0.15, 0.2) is 41.3 Å². The molecule has 1 heterocycles. The Morgan fingerprint density at radius 3 is 2.68 bits per heavy atom. The van der Waals surface area contributed by atoms with E-state index in [0.717, 1.165) is 13.0 Å². The maximum atomic E-state index is 13.5. The van der Waals surface area contributed by atoms with E-state index in [-0.39, 0.29) is 23.5 Å². The van der Waals surface area contributed by atoms with Crippen LogP contribution in [-0.2, 0) is 11.3 Å². The SMILES string of the molecule is Cc1c(OCC(=O)Nc2ccccc2F)c(=O)ccn1CCC(C)C. The maximum Gasteiger partial charge on any atom is 0.262 e. The fourth-order valence-corrected chi connectivity index (χ4v) is 2.36. The number of nitrogens with one attached hydrogen (secondary N) is 1. The Labute approximate surface area is 146 Å². The predicted molar refractivity (Wildman–Crippen MR) is 95.4 cm³/mol. The van der Waals surface area contributed by atoms with Gasteiger partial charge in [0, 0.05) is 18.8 Å². The number of anilines is 1. The first-order valence-corrected chi connectivity index (χ1v) is 8.25. The molecule has 0 saturated heterocycles. The van der Waals surface area contributed by atoms with E-state index in [1.54, 1.807) is 19.2 Å². The molecule has 0 spiro atoms. The first kappa shape index (κ1) is 18.7. The number of pyridine rings is 1. The highest BCUT2D eigenvalue weighted by molar-refractivity contribution is 5.91. The standard InChI is InChI=1S/C19H23FN2O3/c1-13(2)8-10-22-11-9-17(23)19(14(22)3)25-12-18(24)21-16-7-5-4-6-15(16)20/h4-7,9,11,13H,8,10,12H2,1-3H3,(H,21,24). The Bertz CT molecular complexity index is 799. The van der Waals surface area contributed by atoms with Gasteiger partial charge in [-0.25, -0.2) is 4.39 Å². The maximum absolute atomic E-state index is 13.5. The van der Waals surface area contributed by atoms with Gasteiger partial charge in [0.2, 0.25) is 5.43 Å². The topological polar surface area (TPSA) is 60.3 Å². The minimum Gasteiger partial charge on any atom is -0.478 e. The molecule has 0 unspecified atom stereocenters. The van der Waals surface area contributed by atoms with Crippen LogP contribution in [0.3, 0.4) is 0 Å². The molecule has 1 amide bonds. The van der Waals surface area contributed by atoms with Crippen molar-refractivity contribution in [1.29, 1.82) is 0 Å². The van der Waals surface area contributed by atoms with Crippen molar-refractivity contribution >= 4 is 11.6 Å². The third-order valence-electron chi connectivity index (χ3n) is 3.83. The van der Waals surface area contributed by atoms with Crippen molar-refractivity contribution in [1.82, 2.24) is 4.57 Å². The van der Waals surface area contributed by atoms with Crippen LogP contribution in [0, 0.1) is 18.7 Å². The molecule has 0 aliphatic carbocycles. The number of rotatable bonds is 7. The number of benzene rings is 1. The van der Waals surface area contributed by atoms with E-state index in [2.05, 4.69) is 19.2 Å². The van der Waals surface area contributed by atoms with Crippen molar-refractivity contribution in [3.8, 4) is 5.75 Å². The average Bonchev–Trinajstić information content (AvgIpc) is 2.56. The Morgan fingerprint density at radius 1 is 1.28 bits per heavy atom. The molecule has 0 radical (unpaired) electrons. The minimum absolute atomic E-state index is 0.0789. The van der Waals surface area contributed by atoms with E-state index in [1.807, 2.05) is 4.57 Å². The zero-order chi connectivity index (χ0) is 18.4. The van der Waals surface area contributed by atoms with E-state index in [9.17, 15) is 14.0 Å². The van der Waals surface area contributed by atoms with Gasteiger partial charge in [-0.05, 0) is 31.4 Å². The van der Waals surface area contributed by atoms with Gasteiger partial charge in [-0.15, -0.1) is 0 Å². The Hall–Kier alpha value is -2.63. The van der Waals surface area contributed by atoms with Crippen LogP contribution in [0.1, 0.15) is 26.0 Å². The highest BCUT2D eigenvalue weighted by atomic mass is 19.1. The lowest BCUT2D eigenvalue weighted by molar-refractivity contribution is -0.118. The molecule has 0 saturated carbocycles. The summed E-state index contributed by atoms with van der Waals surface area (Å²) < 4.78 is 20.9. The van der Waals surface area contributed by atoms with Crippen LogP contribution in [0.25, 0.3) is 0 Å². The average molecular weight is 346 g/mol. The summed E-state index contributed by atoms with van der Waals surface area (Å²) in [5.41, 5.74) is 0.471. The van der Waals surface area contributed by atoms with Crippen molar-refractivity contribution < 1.29 is 13.9 Å². The Morgan fingerprint density at radius 2 is 2.00 bits per heavy atom. The largest absolute Gasteiger partial charge is 0.478 e. The van der Waals surface area contributed by atoms with Crippen LogP contribution >= 0.6 is 0 Å². The van der Waals surface area contributed by atoms with Crippen molar-refractivity contribution in [2.45, 2.75) is 33.7 Å². The number of carbonyl (C=O) groups is 1. The molecule has 25 heavy (non-hydrogen) atoms. The number of aryl methyl sites for hydroxylation is 1. The molecule has 1 aromatic heterocycles. The van der Waals surface area contributed by atoms with Gasteiger partial charge in [-0.1, -0.05) is 26.0 Å². The summed E-state index contributed by atoms with van der Waals surface area (Å²) >= 11 is 0. The van der Waals surface area contributed by atoms with Gasteiger partial charge in [0.1, 0.15) is 5.82 Å². The van der Waals surface area contributed by atoms with Crippen molar-refractivity contribution in [2.24, 2.45) is 5.92 Å². The fraction of sp³-hybridized carbons (Fsp3) is 0.368. The summed E-state index contributed by atoms with van der Waals surface area (Å²) in [6.07, 6.45) is 2.70. The lowest BCUT2D eigenvalue weighted by atomic mass is 10.1. The van der Waals surface area contributed by atoms with Crippen LogP contribution in [0.5, 0.6) is 5.75 Å². The van der Waals surface area contributed by atoms with Gasteiger partial charge in [0.25, 0.3) is 5.91 Å². The number of nitrogens with zero attached hydrogens (tertiary/aromatic N) is 1. The summed E-state index contributed by atoms with van der Waals surface area (Å²) in [4.78, 5) is 24.0. The molecule has 2 aromatic rings. The third-order valence-corrected chi connectivity index (χ3v) is 3.83. The second-order valence-corrected chi connectivity index (χ2v) is 6.29. The number of para-hydroxylation sites is 1. The van der Waals surface area contributed by atoms with Crippen molar-refractivity contribution in [2.75, 3.05) is 11.9 Å². The molecule has 0 bridgehead atoms. The summed E-state index contributed by atoms with van der Waals surface area (Å²) in [6.45, 7) is 6.44. The van der Waals surface area contributed by atoms with E-state index < -0.39 is 11.7 Å². The molecule has 0 aliphatic rings. The van der Waals surface area contributed by atoms with Gasteiger partial charge in [0.15, 0.2) is 12.4 Å². The molecule has 0 fully saturated rings. The lowest BCUT2D eigenvalue weighted by Crippen LogP contribution is -2.24. The highest BCUT2D eigenvalue weighted by Crippen LogP contribution is 2.15. The monoisotopic (exact) mass is 346 g/mol. The molecule has 5 nitrogen and oxygen atoms in total. The summed E-state index contributed by atoms with van der Waals surface area (Å²) in [6, 6.07) is 7.30. The molecule has 134 valence electrons. The second-order valence-electron chi connectivity index (χ2n) is 6.29. The quantitative estimate of drug-likeness (QED) is 0.836. The van der Waals surface area contributed by atoms with Crippen molar-refractivity contribution in [3.63, 3.8) is 0 Å². The number of aromatic nitrogens is 1. The van der Waals surface area contributed by atoms with Crippen LogP contribution in [0.4, 0.5) is 10.1 Å². The van der Waals surface area contributed by atoms with Crippen LogP contribution in [-0.4, -0.2) is 17.1 Å². The number of hydrogen-bond acceptors (Lipinski definition) is 3. The zero-order valence-corrected chi connectivity index (χ0v) is 14.7. The zero-order valence-electron chi connectivity index (χ0n) is 14.7. The fourth-order valence-electron chi connectivity index (χ4n) is 2.36. The van der Waals surface area contributed by atoms with Gasteiger partial charge >= 0.3 is 0 Å². The molecular formula is C19H23FN2O3. The predicted octanol–water partition coefficient (Wildman–Crippen LogP) is 3.36. The number of hydrogen-bond donors (Lipinski definition) is 1. The normalized spacial score (nSPS) is 10.8. The van der Waals surface area contributed by atoms with Crippen LogP contribution in [0.2, 0.25) is 0 Å². The molecule has 0 atom stereocenters. The third kappa shape index (κ3) is 5.17. The van der Waals surface area contributed by atoms with Gasteiger partial charge in [0.05, 0.1) is 11.4 Å². The molecule has 2 rings (SSSR count). The second kappa shape index (κ2) is 8.46. The summed E-state index contributed by atoms with van der Waals surface area (Å²) in [5.74, 6) is -0.367. The van der Waals surface area contributed by atoms with Gasteiger partial charge in [-0.2, -0.15) is 0 Å². The molecule has 0 aliphatic heterocycles. The molecule has 1 N–H and O–H groups in total. The summed E-state index contributed by atoms with van der Waals surface area (Å²) in [5, 5.41) is 2.43. The smallest absolute Gasteiger partial charge is 0.262 e. The van der Waals surface area contributed by atoms with E-state index in [4.69, 9.17) is 4.74 Å². The van der Waals surface area contributed by atoms with Crippen LogP contribution < -0.4 is 15.5 Å². The number of amides is 1. The summed E-state index contributed by atoms with van der Waals surface area (Å²) in [7, 11) is 0. The van der Waals surface area contributed by atoms with E-state index >= 15 is 0 Å².